The number of halogens is 1. The topological polar surface area (TPSA) is 9.34 Å². The molecule has 3 aromatic heterocycles. The van der Waals surface area contributed by atoms with Crippen molar-refractivity contribution in [1.29, 1.82) is 0 Å². The van der Waals surface area contributed by atoms with E-state index in [-0.39, 0.29) is 0 Å². The molecule has 0 spiro atoms. The van der Waals surface area contributed by atoms with E-state index < -0.39 is 0 Å². The third-order valence-electron chi connectivity index (χ3n) is 7.15. The van der Waals surface area contributed by atoms with E-state index in [9.17, 15) is 0 Å². The summed E-state index contributed by atoms with van der Waals surface area (Å²) in [5.41, 5.74) is 8.85. The summed E-state index contributed by atoms with van der Waals surface area (Å²) in [4.78, 5) is 0. The molecule has 0 atom stereocenters. The van der Waals surface area contributed by atoms with Crippen molar-refractivity contribution in [3.8, 4) is 11.1 Å². The van der Waals surface area contributed by atoms with Gasteiger partial charge in [0, 0.05) is 26.9 Å². The van der Waals surface area contributed by atoms with Crippen molar-refractivity contribution in [2.24, 2.45) is 0 Å². The van der Waals surface area contributed by atoms with Gasteiger partial charge in [-0.25, -0.2) is 0 Å². The van der Waals surface area contributed by atoms with Crippen molar-refractivity contribution in [3.05, 3.63) is 103 Å². The molecule has 0 saturated carbocycles. The van der Waals surface area contributed by atoms with Crippen LogP contribution >= 0.6 is 22.9 Å². The van der Waals surface area contributed by atoms with Crippen LogP contribution in [-0.2, 0) is 0 Å². The smallest absolute Gasteiger partial charge is 0.0646 e. The van der Waals surface area contributed by atoms with Gasteiger partial charge in [-0.3, -0.25) is 2.78 Å². The summed E-state index contributed by atoms with van der Waals surface area (Å²) in [5, 5.41) is 7.91. The van der Waals surface area contributed by atoms with Crippen LogP contribution in [-0.4, -0.2) is 7.18 Å². The molecule has 0 N–H and O–H groups in total. The Morgan fingerprint density at radius 2 is 1.12 bits per heavy atom. The Kier molecular flexibility index (Phi) is 3.40. The number of nitrogens with zero attached hydrogens (tertiary/aromatic N) is 2. The van der Waals surface area contributed by atoms with E-state index in [1.165, 1.54) is 71.0 Å². The molecule has 0 amide bonds. The molecule has 0 saturated heterocycles. The van der Waals surface area contributed by atoms with E-state index >= 15 is 0 Å². The van der Waals surface area contributed by atoms with Gasteiger partial charge in [-0.05, 0) is 46.8 Å². The van der Waals surface area contributed by atoms with Gasteiger partial charge in [-0.2, -0.15) is 0 Å². The highest BCUT2D eigenvalue weighted by Crippen LogP contribution is 2.46. The second kappa shape index (κ2) is 6.27. The van der Waals surface area contributed by atoms with Crippen LogP contribution in [0.3, 0.4) is 0 Å². The molecule has 0 unspecified atom stereocenters. The van der Waals surface area contributed by atoms with Gasteiger partial charge in [0.05, 0.1) is 50.4 Å². The van der Waals surface area contributed by atoms with Crippen molar-refractivity contribution in [2.75, 3.05) is 0 Å². The highest BCUT2D eigenvalue weighted by Gasteiger charge is 2.22. The fraction of sp³-hybridized carbons (Fsp3) is 0. The predicted octanol–water partition coefficient (Wildman–Crippen LogP) is 8.81. The van der Waals surface area contributed by atoms with Crippen LogP contribution in [0.1, 0.15) is 0 Å². The second-order valence-electron chi connectivity index (χ2n) is 8.79. The minimum Gasteiger partial charge on any atom is -0.308 e. The number of hydrogen-bond donors (Lipinski definition) is 0. The van der Waals surface area contributed by atoms with E-state index in [1.54, 1.807) is 0 Å². The van der Waals surface area contributed by atoms with Gasteiger partial charge in [0.2, 0.25) is 0 Å². The van der Waals surface area contributed by atoms with Crippen LogP contribution in [0.5, 0.6) is 0 Å². The standard InChI is InChI=1S/C30H17IN2/c31-33-26-15-14-22-20-10-4-6-12-24(20)32-25-13-7-5-11-21(25)23-16-19(18-8-2-1-3-9-18)17-27(33)28(23)29(26)30(22)32/h1-17H. The molecule has 154 valence electrons. The summed E-state index contributed by atoms with van der Waals surface area (Å²) in [5.74, 6) is 0. The maximum atomic E-state index is 2.49. The second-order valence-corrected chi connectivity index (χ2v) is 9.76. The minimum absolute atomic E-state index is 1.24. The highest BCUT2D eigenvalue weighted by molar-refractivity contribution is 14.1. The molecule has 0 aliphatic carbocycles. The number of para-hydroxylation sites is 2. The summed E-state index contributed by atoms with van der Waals surface area (Å²) in [6, 6.07) is 37.7. The van der Waals surface area contributed by atoms with E-state index in [0.29, 0.717) is 0 Å². The first-order valence-electron chi connectivity index (χ1n) is 11.2. The third-order valence-corrected chi connectivity index (χ3v) is 8.19. The first-order valence-corrected chi connectivity index (χ1v) is 12.1. The van der Waals surface area contributed by atoms with Gasteiger partial charge in [-0.1, -0.05) is 72.8 Å². The quantitative estimate of drug-likeness (QED) is 0.187. The first-order chi connectivity index (χ1) is 16.3. The average Bonchev–Trinajstić information content (AvgIpc) is 3.31. The van der Waals surface area contributed by atoms with Crippen molar-refractivity contribution in [2.45, 2.75) is 0 Å². The molecular formula is C30H17IN2. The number of aromatic nitrogens is 2. The molecular weight excluding hydrogens is 515 g/mol. The average molecular weight is 532 g/mol. The van der Waals surface area contributed by atoms with Gasteiger partial charge < -0.3 is 4.40 Å². The Labute approximate surface area is 203 Å². The number of fused-ring (bicyclic) bond motifs is 6. The number of benzene rings is 5. The zero-order chi connectivity index (χ0) is 21.7. The molecule has 0 radical (unpaired) electrons. The van der Waals surface area contributed by atoms with Crippen LogP contribution < -0.4 is 0 Å². The fourth-order valence-electron chi connectivity index (χ4n) is 5.79. The van der Waals surface area contributed by atoms with Crippen LogP contribution in [0, 0.1) is 0 Å². The Bertz CT molecular complexity index is 2030. The lowest BCUT2D eigenvalue weighted by molar-refractivity contribution is 1.36. The first kappa shape index (κ1) is 17.9. The van der Waals surface area contributed by atoms with Crippen LogP contribution in [0.2, 0.25) is 0 Å². The van der Waals surface area contributed by atoms with Gasteiger partial charge >= 0.3 is 0 Å². The van der Waals surface area contributed by atoms with E-state index in [1.807, 2.05) is 0 Å². The summed E-state index contributed by atoms with van der Waals surface area (Å²) in [6.07, 6.45) is 0. The summed E-state index contributed by atoms with van der Waals surface area (Å²) in [6.45, 7) is 0. The van der Waals surface area contributed by atoms with Crippen LogP contribution in [0.4, 0.5) is 0 Å². The summed E-state index contributed by atoms with van der Waals surface area (Å²) in [7, 11) is 0. The van der Waals surface area contributed by atoms with Crippen molar-refractivity contribution < 1.29 is 0 Å². The zero-order valence-corrected chi connectivity index (χ0v) is 19.7. The lowest BCUT2D eigenvalue weighted by atomic mass is 9.98. The fourth-order valence-corrected chi connectivity index (χ4v) is 6.57. The highest BCUT2D eigenvalue weighted by atomic mass is 127. The normalized spacial score (nSPS) is 12.4. The lowest BCUT2D eigenvalue weighted by Gasteiger charge is -2.07. The Morgan fingerprint density at radius 1 is 0.455 bits per heavy atom. The van der Waals surface area contributed by atoms with Crippen molar-refractivity contribution in [1.82, 2.24) is 7.18 Å². The van der Waals surface area contributed by atoms with Gasteiger partial charge in [0.25, 0.3) is 0 Å². The van der Waals surface area contributed by atoms with Gasteiger partial charge in [0.1, 0.15) is 0 Å². The third kappa shape index (κ3) is 2.18. The van der Waals surface area contributed by atoms with Crippen LogP contribution in [0.15, 0.2) is 103 Å². The number of rotatable bonds is 1. The van der Waals surface area contributed by atoms with E-state index in [2.05, 4.69) is 133 Å². The SMILES string of the molecule is In1c2cc(-c3ccccc3)cc3c4ccccc4n4c5ccccc5c5ccc1c(c32)c54. The zero-order valence-electron chi connectivity index (χ0n) is 17.6. The van der Waals surface area contributed by atoms with E-state index in [4.69, 9.17) is 0 Å². The minimum atomic E-state index is 1.24. The largest absolute Gasteiger partial charge is 0.308 e. The summed E-state index contributed by atoms with van der Waals surface area (Å²) >= 11 is 2.48. The number of hydrogen-bond acceptors (Lipinski definition) is 0. The molecule has 8 rings (SSSR count). The lowest BCUT2D eigenvalue weighted by Crippen LogP contribution is -1.86. The van der Waals surface area contributed by atoms with Gasteiger partial charge in [0.15, 0.2) is 0 Å². The maximum absolute atomic E-state index is 2.49. The molecule has 8 aromatic rings. The molecule has 3 heterocycles. The molecule has 5 aromatic carbocycles. The van der Waals surface area contributed by atoms with Crippen molar-refractivity contribution in [3.63, 3.8) is 0 Å². The molecule has 3 heteroatoms. The molecule has 33 heavy (non-hydrogen) atoms. The Morgan fingerprint density at radius 3 is 1.88 bits per heavy atom. The van der Waals surface area contributed by atoms with E-state index in [0.717, 1.165) is 0 Å². The predicted molar refractivity (Wildman–Crippen MR) is 149 cm³/mol. The Balaban J connectivity index is 1.78. The molecule has 0 bridgehead atoms. The van der Waals surface area contributed by atoms with Crippen molar-refractivity contribution >= 4 is 82.8 Å². The maximum Gasteiger partial charge on any atom is 0.0646 e. The van der Waals surface area contributed by atoms with Crippen LogP contribution in [0.25, 0.3) is 71.0 Å². The summed E-state index contributed by atoms with van der Waals surface area (Å²) < 4.78 is 4.83. The van der Waals surface area contributed by atoms with Gasteiger partial charge in [-0.15, -0.1) is 0 Å². The molecule has 0 aliphatic heterocycles. The monoisotopic (exact) mass is 532 g/mol. The molecule has 0 aliphatic rings. The molecule has 2 nitrogen and oxygen atoms in total. The molecule has 0 fully saturated rings. The Hall–Kier alpha value is -3.57.